The zero-order chi connectivity index (χ0) is 11.6. The van der Waals surface area contributed by atoms with Gasteiger partial charge < -0.3 is 5.11 Å². The van der Waals surface area contributed by atoms with E-state index < -0.39 is 11.4 Å². The lowest BCUT2D eigenvalue weighted by atomic mass is 9.43. The van der Waals surface area contributed by atoms with Crippen molar-refractivity contribution in [2.75, 3.05) is 0 Å². The molecule has 0 aromatic heterocycles. The lowest BCUT2D eigenvalue weighted by Gasteiger charge is -2.63. The molecule has 4 aliphatic carbocycles. The Balaban J connectivity index is 2.04. The molecule has 4 rings (SSSR count). The molecule has 4 atom stereocenters. The molecule has 0 spiro atoms. The summed E-state index contributed by atoms with van der Waals surface area (Å²) >= 11 is 3.87. The molecule has 4 aliphatic rings. The van der Waals surface area contributed by atoms with Crippen molar-refractivity contribution in [2.45, 2.75) is 56.2 Å². The lowest BCUT2D eigenvalue weighted by molar-refractivity contribution is -0.171. The molecule has 0 amide bonds. The van der Waals surface area contributed by atoms with Gasteiger partial charge in [-0.15, -0.1) is 0 Å². The van der Waals surface area contributed by atoms with Crippen LogP contribution in [0.1, 0.15) is 51.9 Å². The Morgan fingerprint density at radius 1 is 1.31 bits per heavy atom. The molecule has 1 N–H and O–H groups in total. The third kappa shape index (κ3) is 1.33. The molecule has 0 aliphatic heterocycles. The highest BCUT2D eigenvalue weighted by Gasteiger charge is 2.64. The van der Waals surface area contributed by atoms with E-state index in [4.69, 9.17) is 0 Å². The van der Waals surface area contributed by atoms with Gasteiger partial charge in [0.2, 0.25) is 0 Å². The van der Waals surface area contributed by atoms with E-state index in [1.54, 1.807) is 0 Å². The number of carboxylic acid groups (broad SMARTS) is 1. The van der Waals surface area contributed by atoms with E-state index in [1.165, 1.54) is 19.3 Å². The number of hydrogen-bond acceptors (Lipinski definition) is 1. The van der Waals surface area contributed by atoms with Gasteiger partial charge in [-0.2, -0.15) is 0 Å². The predicted octanol–water partition coefficient (Wildman–Crippen LogP) is 3.59. The van der Waals surface area contributed by atoms with E-state index in [0.29, 0.717) is 11.3 Å². The fourth-order valence-electron chi connectivity index (χ4n) is 5.15. The van der Waals surface area contributed by atoms with Gasteiger partial charge in [0.15, 0.2) is 0 Å². The topological polar surface area (TPSA) is 37.3 Å². The fourth-order valence-corrected chi connectivity index (χ4v) is 6.74. The van der Waals surface area contributed by atoms with Gasteiger partial charge in [-0.1, -0.05) is 29.3 Å². The van der Waals surface area contributed by atoms with E-state index in [1.807, 2.05) is 0 Å². The molecule has 4 saturated carbocycles. The van der Waals surface area contributed by atoms with E-state index in [9.17, 15) is 9.90 Å². The summed E-state index contributed by atoms with van der Waals surface area (Å²) in [6.45, 7) is 2.24. The first-order chi connectivity index (χ1) is 7.41. The number of hydrogen-bond donors (Lipinski definition) is 1. The van der Waals surface area contributed by atoms with Gasteiger partial charge >= 0.3 is 5.97 Å². The Morgan fingerprint density at radius 3 is 2.62 bits per heavy atom. The minimum atomic E-state index is -0.543. The van der Waals surface area contributed by atoms with Crippen molar-refractivity contribution in [3.05, 3.63) is 0 Å². The molecule has 0 saturated heterocycles. The molecular weight excluding hydrogens is 268 g/mol. The van der Waals surface area contributed by atoms with Crippen LogP contribution in [0.2, 0.25) is 0 Å². The molecule has 0 radical (unpaired) electrons. The van der Waals surface area contributed by atoms with Gasteiger partial charge in [0.1, 0.15) is 0 Å². The van der Waals surface area contributed by atoms with Gasteiger partial charge in [0.25, 0.3) is 0 Å². The normalized spacial score (nSPS) is 54.2. The Labute approximate surface area is 105 Å². The number of halogens is 1. The highest BCUT2D eigenvalue weighted by molar-refractivity contribution is 9.10. The van der Waals surface area contributed by atoms with Crippen molar-refractivity contribution < 1.29 is 9.90 Å². The van der Waals surface area contributed by atoms with Crippen LogP contribution in [0.3, 0.4) is 0 Å². The maximum Gasteiger partial charge on any atom is 0.309 e. The van der Waals surface area contributed by atoms with Gasteiger partial charge in [0.05, 0.1) is 5.41 Å². The van der Waals surface area contributed by atoms with Crippen molar-refractivity contribution in [3.63, 3.8) is 0 Å². The third-order valence-electron chi connectivity index (χ3n) is 5.32. The predicted molar refractivity (Wildman–Crippen MR) is 65.6 cm³/mol. The van der Waals surface area contributed by atoms with Crippen molar-refractivity contribution in [1.29, 1.82) is 0 Å². The van der Waals surface area contributed by atoms with E-state index in [2.05, 4.69) is 22.9 Å². The molecule has 4 fully saturated rings. The monoisotopic (exact) mass is 286 g/mol. The molecule has 16 heavy (non-hydrogen) atoms. The van der Waals surface area contributed by atoms with Crippen molar-refractivity contribution in [3.8, 4) is 0 Å². The van der Waals surface area contributed by atoms with Crippen LogP contribution in [-0.2, 0) is 4.79 Å². The highest BCUT2D eigenvalue weighted by Crippen LogP contribution is 2.69. The third-order valence-corrected chi connectivity index (χ3v) is 6.20. The zero-order valence-electron chi connectivity index (χ0n) is 9.76. The average Bonchev–Trinajstić information content (AvgIpc) is 2.13. The summed E-state index contributed by atoms with van der Waals surface area (Å²) in [6.07, 6.45) is 7.52. The average molecular weight is 287 g/mol. The summed E-state index contributed by atoms with van der Waals surface area (Å²) in [6, 6.07) is 0. The Kier molecular flexibility index (Phi) is 2.10. The summed E-state index contributed by atoms with van der Waals surface area (Å²) < 4.78 is 0.140. The van der Waals surface area contributed by atoms with Crippen LogP contribution in [0.15, 0.2) is 0 Å². The maximum atomic E-state index is 11.6. The second-order valence-electron chi connectivity index (χ2n) is 6.60. The Bertz CT molecular complexity index is 356. The number of alkyl halides is 1. The largest absolute Gasteiger partial charge is 0.481 e. The Morgan fingerprint density at radius 2 is 2.06 bits per heavy atom. The van der Waals surface area contributed by atoms with E-state index >= 15 is 0 Å². The van der Waals surface area contributed by atoms with Crippen molar-refractivity contribution in [2.24, 2.45) is 16.7 Å². The van der Waals surface area contributed by atoms with Gasteiger partial charge in [-0.25, -0.2) is 0 Å². The summed E-state index contributed by atoms with van der Waals surface area (Å²) in [4.78, 5) is 11.6. The molecular formula is C13H19BrO2. The summed E-state index contributed by atoms with van der Waals surface area (Å²) in [5.74, 6) is 0.102. The molecule has 4 bridgehead atoms. The minimum Gasteiger partial charge on any atom is -0.481 e. The summed E-state index contributed by atoms with van der Waals surface area (Å²) in [5, 5.41) is 9.58. The van der Waals surface area contributed by atoms with Crippen LogP contribution in [0.5, 0.6) is 0 Å². The molecule has 2 nitrogen and oxygen atoms in total. The quantitative estimate of drug-likeness (QED) is 0.788. The minimum absolute atomic E-state index is 0.140. The van der Waals surface area contributed by atoms with Crippen LogP contribution in [-0.4, -0.2) is 15.4 Å². The second kappa shape index (κ2) is 3.04. The van der Waals surface area contributed by atoms with Gasteiger partial charge in [-0.3, -0.25) is 4.79 Å². The second-order valence-corrected chi connectivity index (χ2v) is 8.28. The number of carbonyl (C=O) groups is 1. The number of carboxylic acids is 1. The first-order valence-electron chi connectivity index (χ1n) is 6.33. The first-order valence-corrected chi connectivity index (χ1v) is 7.13. The maximum absolute atomic E-state index is 11.6. The van der Waals surface area contributed by atoms with Crippen LogP contribution < -0.4 is 0 Å². The van der Waals surface area contributed by atoms with E-state index in [-0.39, 0.29) is 4.32 Å². The molecule has 0 aromatic rings. The molecule has 0 heterocycles. The number of aliphatic carboxylic acids is 1. The highest BCUT2D eigenvalue weighted by atomic mass is 79.9. The van der Waals surface area contributed by atoms with Crippen molar-refractivity contribution in [1.82, 2.24) is 0 Å². The standard InChI is InChI=1S/C13H19BrO2/c1-2-11-3-9-4-12(6-11,10(15)16)8-13(14,5-9)7-11/h9H,2-8H2,1H3,(H,15,16)/t9-,11+,12-,13-/m1/s1. The molecule has 0 unspecified atom stereocenters. The van der Waals surface area contributed by atoms with Gasteiger partial charge in [0, 0.05) is 4.32 Å². The van der Waals surface area contributed by atoms with Gasteiger partial charge in [-0.05, 0) is 49.9 Å². The zero-order valence-corrected chi connectivity index (χ0v) is 11.3. The summed E-state index contributed by atoms with van der Waals surface area (Å²) in [7, 11) is 0. The van der Waals surface area contributed by atoms with Crippen LogP contribution in [0, 0.1) is 16.7 Å². The number of rotatable bonds is 2. The molecule has 90 valence electrons. The van der Waals surface area contributed by atoms with Crippen LogP contribution in [0.25, 0.3) is 0 Å². The molecule has 3 heteroatoms. The first kappa shape index (κ1) is 11.1. The van der Waals surface area contributed by atoms with Crippen molar-refractivity contribution >= 4 is 21.9 Å². The van der Waals surface area contributed by atoms with Crippen LogP contribution >= 0.6 is 15.9 Å². The fraction of sp³-hybridized carbons (Fsp3) is 0.923. The molecule has 0 aromatic carbocycles. The Hall–Kier alpha value is -0.0500. The lowest BCUT2D eigenvalue weighted by Crippen LogP contribution is -2.60. The van der Waals surface area contributed by atoms with Crippen LogP contribution in [0.4, 0.5) is 0 Å². The van der Waals surface area contributed by atoms with E-state index in [0.717, 1.165) is 25.7 Å². The SMILES string of the molecule is CC[C@@]12C[C@H]3C[C@@](Br)(C1)C[C@@](C(=O)O)(C3)C2. The summed E-state index contributed by atoms with van der Waals surface area (Å²) in [5.41, 5.74) is -0.0831. The smallest absolute Gasteiger partial charge is 0.309 e.